The zero-order chi connectivity index (χ0) is 13.2. The van der Waals surface area contributed by atoms with Gasteiger partial charge in [0.1, 0.15) is 5.75 Å². The van der Waals surface area contributed by atoms with Gasteiger partial charge < -0.3 is 9.84 Å². The summed E-state index contributed by atoms with van der Waals surface area (Å²) in [5, 5.41) is 10.9. The minimum atomic E-state index is -0.676. The van der Waals surface area contributed by atoms with Crippen LogP contribution in [0.4, 0.5) is 0 Å². The van der Waals surface area contributed by atoms with Gasteiger partial charge in [0, 0.05) is 0 Å². The zero-order valence-electron chi connectivity index (χ0n) is 11.6. The van der Waals surface area contributed by atoms with Crippen LogP contribution in [0.3, 0.4) is 0 Å². The first-order chi connectivity index (χ1) is 8.53. The molecular weight excluding hydrogens is 224 g/mol. The van der Waals surface area contributed by atoms with Gasteiger partial charge in [-0.3, -0.25) is 0 Å². The maximum atomic E-state index is 10.9. The molecule has 1 N–H and O–H groups in total. The lowest BCUT2D eigenvalue weighted by molar-refractivity contribution is -0.0364. The molecule has 1 fully saturated rings. The van der Waals surface area contributed by atoms with Crippen LogP contribution in [-0.2, 0) is 5.60 Å². The molecule has 0 bridgehead atoms. The molecule has 1 aliphatic rings. The van der Waals surface area contributed by atoms with Crippen molar-refractivity contribution in [1.82, 2.24) is 0 Å². The molecule has 2 nitrogen and oxygen atoms in total. The fraction of sp³-hybridized carbons (Fsp3) is 0.625. The number of hydrogen-bond acceptors (Lipinski definition) is 2. The summed E-state index contributed by atoms with van der Waals surface area (Å²) in [4.78, 5) is 0. The Balaban J connectivity index is 2.25. The molecule has 0 heterocycles. The standard InChI is InChI=1S/C16H24O2/c1-4-18-15-7-5-6-14(9-15)16(17)10-12(2)8-13(3)11-16/h5-7,9,12-13,17H,4,8,10-11H2,1-3H3. The molecule has 0 radical (unpaired) electrons. The molecule has 0 aliphatic heterocycles. The molecule has 0 amide bonds. The lowest BCUT2D eigenvalue weighted by Gasteiger charge is -2.39. The van der Waals surface area contributed by atoms with Crippen molar-refractivity contribution in [1.29, 1.82) is 0 Å². The molecule has 100 valence electrons. The van der Waals surface area contributed by atoms with Gasteiger partial charge in [-0.25, -0.2) is 0 Å². The third-order valence-corrected chi connectivity index (χ3v) is 3.86. The lowest BCUT2D eigenvalue weighted by atomic mass is 9.71. The predicted molar refractivity (Wildman–Crippen MR) is 73.7 cm³/mol. The van der Waals surface area contributed by atoms with Gasteiger partial charge in [0.05, 0.1) is 12.2 Å². The van der Waals surface area contributed by atoms with E-state index in [9.17, 15) is 5.11 Å². The summed E-state index contributed by atoms with van der Waals surface area (Å²) < 4.78 is 5.52. The van der Waals surface area contributed by atoms with Crippen molar-refractivity contribution in [3.8, 4) is 5.75 Å². The molecular formula is C16H24O2. The Hall–Kier alpha value is -1.02. The Kier molecular flexibility index (Phi) is 3.96. The average Bonchev–Trinajstić information content (AvgIpc) is 2.28. The van der Waals surface area contributed by atoms with Crippen LogP contribution in [0.15, 0.2) is 24.3 Å². The minimum absolute atomic E-state index is 0.578. The van der Waals surface area contributed by atoms with Crippen molar-refractivity contribution < 1.29 is 9.84 Å². The zero-order valence-corrected chi connectivity index (χ0v) is 11.6. The summed E-state index contributed by atoms with van der Waals surface area (Å²) in [5.74, 6) is 2.01. The van der Waals surface area contributed by atoms with E-state index >= 15 is 0 Å². The highest BCUT2D eigenvalue weighted by atomic mass is 16.5. The van der Waals surface area contributed by atoms with E-state index in [2.05, 4.69) is 13.8 Å². The third-order valence-electron chi connectivity index (χ3n) is 3.86. The molecule has 1 saturated carbocycles. The van der Waals surface area contributed by atoms with Crippen LogP contribution in [0.2, 0.25) is 0 Å². The number of hydrogen-bond donors (Lipinski definition) is 1. The van der Waals surface area contributed by atoms with Crippen LogP contribution < -0.4 is 4.74 Å². The van der Waals surface area contributed by atoms with Crippen LogP contribution in [-0.4, -0.2) is 11.7 Å². The average molecular weight is 248 g/mol. The Morgan fingerprint density at radius 1 is 1.28 bits per heavy atom. The first-order valence-electron chi connectivity index (χ1n) is 6.99. The second-order valence-corrected chi connectivity index (χ2v) is 5.85. The molecule has 2 heteroatoms. The Bertz CT molecular complexity index is 390. The maximum Gasteiger partial charge on any atom is 0.119 e. The fourth-order valence-electron chi connectivity index (χ4n) is 3.37. The molecule has 2 atom stereocenters. The molecule has 0 spiro atoms. The summed E-state index contributed by atoms with van der Waals surface area (Å²) in [7, 11) is 0. The van der Waals surface area contributed by atoms with E-state index in [0.29, 0.717) is 18.4 Å². The monoisotopic (exact) mass is 248 g/mol. The van der Waals surface area contributed by atoms with Gasteiger partial charge in [-0.15, -0.1) is 0 Å². The highest BCUT2D eigenvalue weighted by Gasteiger charge is 2.37. The smallest absolute Gasteiger partial charge is 0.119 e. The van der Waals surface area contributed by atoms with E-state index in [4.69, 9.17) is 4.74 Å². The molecule has 2 rings (SSSR count). The Labute approximate surface area is 110 Å². The Morgan fingerprint density at radius 2 is 1.94 bits per heavy atom. The topological polar surface area (TPSA) is 29.5 Å². The van der Waals surface area contributed by atoms with Crippen molar-refractivity contribution in [2.24, 2.45) is 11.8 Å². The minimum Gasteiger partial charge on any atom is -0.494 e. The molecule has 0 aromatic heterocycles. The predicted octanol–water partition coefficient (Wildman–Crippen LogP) is 3.73. The summed E-state index contributed by atoms with van der Waals surface area (Å²) in [6.45, 7) is 7.10. The SMILES string of the molecule is CCOc1cccc(C2(O)CC(C)CC(C)C2)c1. The second-order valence-electron chi connectivity index (χ2n) is 5.85. The maximum absolute atomic E-state index is 10.9. The van der Waals surface area contributed by atoms with Crippen LogP contribution in [0, 0.1) is 11.8 Å². The Morgan fingerprint density at radius 3 is 2.56 bits per heavy atom. The number of rotatable bonds is 3. The van der Waals surface area contributed by atoms with Gasteiger partial charge in [-0.2, -0.15) is 0 Å². The third kappa shape index (κ3) is 2.86. The summed E-state index contributed by atoms with van der Waals surface area (Å²) in [6, 6.07) is 7.94. The van der Waals surface area contributed by atoms with Crippen molar-refractivity contribution in [3.63, 3.8) is 0 Å². The van der Waals surface area contributed by atoms with E-state index in [1.165, 1.54) is 6.42 Å². The molecule has 2 unspecified atom stereocenters. The van der Waals surface area contributed by atoms with Gasteiger partial charge in [0.2, 0.25) is 0 Å². The largest absolute Gasteiger partial charge is 0.494 e. The highest BCUT2D eigenvalue weighted by Crippen LogP contribution is 2.43. The first-order valence-corrected chi connectivity index (χ1v) is 6.99. The molecule has 1 aromatic rings. The van der Waals surface area contributed by atoms with Crippen molar-refractivity contribution in [2.45, 2.75) is 45.6 Å². The van der Waals surface area contributed by atoms with E-state index < -0.39 is 5.60 Å². The fourth-order valence-corrected chi connectivity index (χ4v) is 3.37. The van der Waals surface area contributed by atoms with E-state index in [1.807, 2.05) is 31.2 Å². The normalized spacial score (nSPS) is 32.2. The summed E-state index contributed by atoms with van der Waals surface area (Å²) in [6.07, 6.45) is 2.92. The number of benzene rings is 1. The second kappa shape index (κ2) is 5.31. The molecule has 1 aromatic carbocycles. The molecule has 18 heavy (non-hydrogen) atoms. The van der Waals surface area contributed by atoms with Gasteiger partial charge in [0.15, 0.2) is 0 Å². The quantitative estimate of drug-likeness (QED) is 0.883. The summed E-state index contributed by atoms with van der Waals surface area (Å²) in [5.41, 5.74) is 0.330. The van der Waals surface area contributed by atoms with Gasteiger partial charge in [0.25, 0.3) is 0 Å². The van der Waals surface area contributed by atoms with Gasteiger partial charge in [-0.05, 0) is 55.7 Å². The van der Waals surface area contributed by atoms with Crippen LogP contribution in [0.1, 0.15) is 45.6 Å². The first kappa shape index (κ1) is 13.4. The van der Waals surface area contributed by atoms with E-state index in [0.717, 1.165) is 24.2 Å². The molecule has 1 aliphatic carbocycles. The highest BCUT2D eigenvalue weighted by molar-refractivity contribution is 5.32. The van der Waals surface area contributed by atoms with Gasteiger partial charge in [-0.1, -0.05) is 26.0 Å². The van der Waals surface area contributed by atoms with Crippen LogP contribution >= 0.6 is 0 Å². The number of aliphatic hydroxyl groups is 1. The molecule has 0 saturated heterocycles. The van der Waals surface area contributed by atoms with Crippen molar-refractivity contribution in [3.05, 3.63) is 29.8 Å². The van der Waals surface area contributed by atoms with Crippen molar-refractivity contribution in [2.75, 3.05) is 6.61 Å². The lowest BCUT2D eigenvalue weighted by Crippen LogP contribution is -2.35. The van der Waals surface area contributed by atoms with Crippen LogP contribution in [0.25, 0.3) is 0 Å². The van der Waals surface area contributed by atoms with E-state index in [1.54, 1.807) is 0 Å². The van der Waals surface area contributed by atoms with Crippen LogP contribution in [0.5, 0.6) is 5.75 Å². The number of ether oxygens (including phenoxy) is 1. The van der Waals surface area contributed by atoms with E-state index in [-0.39, 0.29) is 0 Å². The summed E-state index contributed by atoms with van der Waals surface area (Å²) >= 11 is 0. The van der Waals surface area contributed by atoms with Crippen molar-refractivity contribution >= 4 is 0 Å². The van der Waals surface area contributed by atoms with Gasteiger partial charge >= 0.3 is 0 Å².